The van der Waals surface area contributed by atoms with Gasteiger partial charge in [0, 0.05) is 10.4 Å². The summed E-state index contributed by atoms with van der Waals surface area (Å²) < 4.78 is 0.825. The zero-order chi connectivity index (χ0) is 10.8. The summed E-state index contributed by atoms with van der Waals surface area (Å²) in [6.45, 7) is 7.36. The third-order valence-corrected chi connectivity index (χ3v) is 4.57. The molecule has 1 aromatic heterocycles. The molecule has 0 bridgehead atoms. The Kier molecular flexibility index (Phi) is 4.31. The van der Waals surface area contributed by atoms with Gasteiger partial charge >= 0.3 is 0 Å². The number of thiol groups is 1. The predicted octanol–water partition coefficient (Wildman–Crippen LogP) is 3.76. The van der Waals surface area contributed by atoms with Crippen molar-refractivity contribution < 1.29 is 0 Å². The van der Waals surface area contributed by atoms with E-state index in [0.717, 1.165) is 10.9 Å². The molecule has 1 aromatic rings. The van der Waals surface area contributed by atoms with Crippen LogP contribution in [0.3, 0.4) is 0 Å². The lowest BCUT2D eigenvalue weighted by molar-refractivity contribution is 0.394. The van der Waals surface area contributed by atoms with E-state index in [4.69, 9.17) is 11.6 Å². The molecule has 14 heavy (non-hydrogen) atoms. The Bertz CT molecular complexity index is 296. The molecular formula is C10H16ClNS2. The van der Waals surface area contributed by atoms with Gasteiger partial charge in [-0.05, 0) is 32.5 Å². The second-order valence-corrected chi connectivity index (χ2v) is 6.06. The summed E-state index contributed by atoms with van der Waals surface area (Å²) in [6.07, 6.45) is 0. The fourth-order valence-corrected chi connectivity index (χ4v) is 2.95. The average Bonchev–Trinajstić information content (AvgIpc) is 2.50. The minimum Gasteiger partial charge on any atom is -0.311 e. The number of thiophene rings is 1. The van der Waals surface area contributed by atoms with Gasteiger partial charge in [0.1, 0.15) is 0 Å². The van der Waals surface area contributed by atoms with Gasteiger partial charge in [0.2, 0.25) is 0 Å². The van der Waals surface area contributed by atoms with E-state index in [9.17, 15) is 0 Å². The maximum atomic E-state index is 5.90. The molecule has 0 aromatic carbocycles. The van der Waals surface area contributed by atoms with Crippen LogP contribution in [0.15, 0.2) is 12.1 Å². The lowest BCUT2D eigenvalue weighted by Crippen LogP contribution is -2.42. The first-order valence-corrected chi connectivity index (χ1v) is 6.36. The Morgan fingerprint density at radius 3 is 2.64 bits per heavy atom. The van der Waals surface area contributed by atoms with Crippen molar-refractivity contribution in [3.05, 3.63) is 21.3 Å². The molecule has 1 heterocycles. The van der Waals surface area contributed by atoms with E-state index < -0.39 is 0 Å². The normalized spacial score (nSPS) is 14.4. The standard InChI is InChI=1S/C10H16ClNS2/c1-4-12-10(2,3)9(13)7-5-6-8(11)14-7/h5-6,9,12-13H,4H2,1-3H3. The Morgan fingerprint density at radius 2 is 2.21 bits per heavy atom. The third-order valence-electron chi connectivity index (χ3n) is 2.18. The van der Waals surface area contributed by atoms with Crippen LogP contribution >= 0.6 is 35.6 Å². The van der Waals surface area contributed by atoms with E-state index in [2.05, 4.69) is 38.7 Å². The summed E-state index contributed by atoms with van der Waals surface area (Å²) in [6, 6.07) is 3.97. The molecule has 0 aliphatic carbocycles. The molecule has 0 radical (unpaired) electrons. The van der Waals surface area contributed by atoms with Crippen LogP contribution in [0, 0.1) is 0 Å². The lowest BCUT2D eigenvalue weighted by atomic mass is 9.99. The van der Waals surface area contributed by atoms with Crippen molar-refractivity contribution in [3.63, 3.8) is 0 Å². The summed E-state index contributed by atoms with van der Waals surface area (Å²) in [7, 11) is 0. The van der Waals surface area contributed by atoms with Gasteiger partial charge in [-0.1, -0.05) is 18.5 Å². The highest BCUT2D eigenvalue weighted by molar-refractivity contribution is 7.80. The van der Waals surface area contributed by atoms with Crippen LogP contribution in [0.1, 0.15) is 30.9 Å². The molecule has 0 aliphatic rings. The van der Waals surface area contributed by atoms with Crippen LogP contribution in [0.5, 0.6) is 0 Å². The van der Waals surface area contributed by atoms with E-state index in [-0.39, 0.29) is 10.8 Å². The zero-order valence-electron chi connectivity index (χ0n) is 8.67. The number of halogens is 1. The molecule has 0 fully saturated rings. The maximum Gasteiger partial charge on any atom is 0.0931 e. The zero-order valence-corrected chi connectivity index (χ0v) is 11.1. The Labute approximate surface area is 100 Å². The van der Waals surface area contributed by atoms with Crippen LogP contribution in [-0.2, 0) is 0 Å². The molecule has 0 saturated carbocycles. The van der Waals surface area contributed by atoms with Gasteiger partial charge in [0.05, 0.1) is 9.59 Å². The Hall–Kier alpha value is 0.300. The van der Waals surface area contributed by atoms with Crippen molar-refractivity contribution in [2.24, 2.45) is 0 Å². The van der Waals surface area contributed by atoms with Gasteiger partial charge in [-0.25, -0.2) is 0 Å². The van der Waals surface area contributed by atoms with Crippen molar-refractivity contribution >= 4 is 35.6 Å². The summed E-state index contributed by atoms with van der Waals surface area (Å²) in [4.78, 5) is 1.21. The highest BCUT2D eigenvalue weighted by atomic mass is 35.5. The van der Waals surface area contributed by atoms with E-state index >= 15 is 0 Å². The minimum absolute atomic E-state index is 0.00789. The summed E-state index contributed by atoms with van der Waals surface area (Å²) in [5, 5.41) is 3.60. The number of nitrogens with one attached hydrogen (secondary N) is 1. The van der Waals surface area contributed by atoms with E-state index in [1.54, 1.807) is 11.3 Å². The van der Waals surface area contributed by atoms with Crippen molar-refractivity contribution in [2.75, 3.05) is 6.54 Å². The second kappa shape index (κ2) is 4.88. The monoisotopic (exact) mass is 249 g/mol. The van der Waals surface area contributed by atoms with Gasteiger partial charge < -0.3 is 5.32 Å². The van der Waals surface area contributed by atoms with E-state index in [1.165, 1.54) is 4.88 Å². The van der Waals surface area contributed by atoms with Gasteiger partial charge in [0.25, 0.3) is 0 Å². The minimum atomic E-state index is -0.00789. The molecule has 80 valence electrons. The van der Waals surface area contributed by atoms with Crippen LogP contribution in [-0.4, -0.2) is 12.1 Å². The van der Waals surface area contributed by atoms with E-state index in [0.29, 0.717) is 0 Å². The largest absolute Gasteiger partial charge is 0.311 e. The van der Waals surface area contributed by atoms with Crippen LogP contribution in [0.25, 0.3) is 0 Å². The number of likely N-dealkylation sites (N-methyl/N-ethyl adjacent to an activating group) is 1. The second-order valence-electron chi connectivity index (χ2n) is 3.80. The fourth-order valence-electron chi connectivity index (χ4n) is 1.38. The van der Waals surface area contributed by atoms with Crippen LogP contribution < -0.4 is 5.32 Å². The van der Waals surface area contributed by atoms with Gasteiger partial charge in [0.15, 0.2) is 0 Å². The fraction of sp³-hybridized carbons (Fsp3) is 0.600. The summed E-state index contributed by atoms with van der Waals surface area (Å²) >= 11 is 12.1. The molecule has 0 aliphatic heterocycles. The van der Waals surface area contributed by atoms with Gasteiger partial charge in [-0.3, -0.25) is 0 Å². The molecule has 1 nitrogen and oxygen atoms in total. The quantitative estimate of drug-likeness (QED) is 0.775. The molecule has 0 amide bonds. The SMILES string of the molecule is CCNC(C)(C)C(S)c1ccc(Cl)s1. The average molecular weight is 250 g/mol. The van der Waals surface area contributed by atoms with Crippen LogP contribution in [0.4, 0.5) is 0 Å². The Balaban J connectivity index is 2.78. The number of hydrogen-bond acceptors (Lipinski definition) is 3. The lowest BCUT2D eigenvalue weighted by Gasteiger charge is -2.31. The third kappa shape index (κ3) is 2.89. The van der Waals surface area contributed by atoms with E-state index in [1.807, 2.05) is 12.1 Å². The molecule has 1 atom stereocenters. The molecule has 1 unspecified atom stereocenters. The first-order valence-electron chi connectivity index (χ1n) is 4.65. The first-order chi connectivity index (χ1) is 6.47. The molecule has 0 spiro atoms. The first kappa shape index (κ1) is 12.4. The highest BCUT2D eigenvalue weighted by Crippen LogP contribution is 2.37. The van der Waals surface area contributed by atoms with Crippen LogP contribution in [0.2, 0.25) is 4.34 Å². The van der Waals surface area contributed by atoms with Crippen molar-refractivity contribution in [1.82, 2.24) is 5.32 Å². The molecule has 4 heteroatoms. The topological polar surface area (TPSA) is 12.0 Å². The summed E-state index contributed by atoms with van der Waals surface area (Å²) in [5.74, 6) is 0. The highest BCUT2D eigenvalue weighted by Gasteiger charge is 2.27. The number of rotatable bonds is 4. The smallest absolute Gasteiger partial charge is 0.0931 e. The summed E-state index contributed by atoms with van der Waals surface area (Å²) in [5.41, 5.74) is -0.00789. The van der Waals surface area contributed by atoms with Crippen molar-refractivity contribution in [1.29, 1.82) is 0 Å². The molecule has 1 N–H and O–H groups in total. The van der Waals surface area contributed by atoms with Crippen molar-refractivity contribution in [2.45, 2.75) is 31.6 Å². The number of hydrogen-bond donors (Lipinski definition) is 2. The predicted molar refractivity (Wildman–Crippen MR) is 68.8 cm³/mol. The maximum absolute atomic E-state index is 5.90. The molecule has 0 saturated heterocycles. The van der Waals surface area contributed by atoms with Gasteiger partial charge in [-0.2, -0.15) is 12.6 Å². The molecule has 1 rings (SSSR count). The van der Waals surface area contributed by atoms with Gasteiger partial charge in [-0.15, -0.1) is 11.3 Å². The molecular weight excluding hydrogens is 234 g/mol. The van der Waals surface area contributed by atoms with Crippen molar-refractivity contribution in [3.8, 4) is 0 Å². The Morgan fingerprint density at radius 1 is 1.57 bits per heavy atom.